The molecule has 0 radical (unpaired) electrons. The van der Waals surface area contributed by atoms with Crippen molar-refractivity contribution in [2.75, 3.05) is 26.2 Å². The highest BCUT2D eigenvalue weighted by Crippen LogP contribution is 2.23. The largest absolute Gasteiger partial charge is 0.333 e. The van der Waals surface area contributed by atoms with Crippen LogP contribution in [0.25, 0.3) is 10.2 Å². The number of rotatable bonds is 4. The maximum atomic E-state index is 12.7. The van der Waals surface area contributed by atoms with Crippen LogP contribution in [0, 0.1) is 13.8 Å². The van der Waals surface area contributed by atoms with Crippen LogP contribution < -0.4 is 0 Å². The molecular weight excluding hydrogens is 374 g/mol. The minimum absolute atomic E-state index is 0.432. The second kappa shape index (κ2) is 7.44. The van der Waals surface area contributed by atoms with Gasteiger partial charge in [-0.25, -0.2) is 4.98 Å². The van der Waals surface area contributed by atoms with E-state index in [2.05, 4.69) is 21.0 Å². The Labute approximate surface area is 167 Å². The molecule has 2 aromatic heterocycles. The molecule has 0 spiro atoms. The quantitative estimate of drug-likeness (QED) is 0.498. The van der Waals surface area contributed by atoms with Crippen LogP contribution in [-0.2, 0) is 18.4 Å². The van der Waals surface area contributed by atoms with Gasteiger partial charge in [-0.2, -0.15) is 5.10 Å². The Bertz CT molecular complexity index is 1010. The SMILES string of the molecule is Cc1nn(C)c(C)c1C(=O)C(=O)N1CCN(Cc2nc3ccccc3s2)CC1. The molecule has 28 heavy (non-hydrogen) atoms. The van der Waals surface area contributed by atoms with Crippen molar-refractivity contribution in [3.8, 4) is 0 Å². The Morgan fingerprint density at radius 1 is 1.11 bits per heavy atom. The lowest BCUT2D eigenvalue weighted by Crippen LogP contribution is -2.50. The number of thiazole rings is 1. The van der Waals surface area contributed by atoms with Gasteiger partial charge in [-0.3, -0.25) is 19.2 Å². The third kappa shape index (κ3) is 3.45. The number of para-hydroxylation sites is 1. The number of hydrogen-bond donors (Lipinski definition) is 0. The Hall–Kier alpha value is -2.58. The number of aryl methyl sites for hydroxylation is 2. The van der Waals surface area contributed by atoms with Gasteiger partial charge in [0.05, 0.1) is 28.0 Å². The molecule has 4 rings (SSSR count). The number of hydrogen-bond acceptors (Lipinski definition) is 6. The molecular formula is C20H23N5O2S. The first-order chi connectivity index (χ1) is 13.4. The number of fused-ring (bicyclic) bond motifs is 1. The van der Waals surface area contributed by atoms with E-state index in [1.54, 1.807) is 34.9 Å². The number of benzene rings is 1. The summed E-state index contributed by atoms with van der Waals surface area (Å²) in [7, 11) is 1.78. The van der Waals surface area contributed by atoms with E-state index in [1.807, 2.05) is 25.1 Å². The number of Topliss-reactive ketones (excluding diaryl/α,β-unsaturated/α-hetero) is 1. The van der Waals surface area contributed by atoms with E-state index in [0.717, 1.165) is 35.9 Å². The van der Waals surface area contributed by atoms with Crippen LogP contribution in [0.3, 0.4) is 0 Å². The fourth-order valence-electron chi connectivity index (χ4n) is 3.64. The third-order valence-corrected chi connectivity index (χ3v) is 6.31. The van der Waals surface area contributed by atoms with E-state index in [9.17, 15) is 9.59 Å². The molecule has 8 heteroatoms. The number of aromatic nitrogens is 3. The van der Waals surface area contributed by atoms with E-state index in [0.29, 0.717) is 24.3 Å². The molecule has 1 amide bonds. The molecule has 1 fully saturated rings. The number of carbonyl (C=O) groups excluding carboxylic acids is 2. The summed E-state index contributed by atoms with van der Waals surface area (Å²) in [5.41, 5.74) is 2.80. The second-order valence-corrected chi connectivity index (χ2v) is 8.26. The van der Waals surface area contributed by atoms with Crippen molar-refractivity contribution in [3.05, 3.63) is 46.2 Å². The van der Waals surface area contributed by atoms with E-state index in [4.69, 9.17) is 0 Å². The van der Waals surface area contributed by atoms with Crippen molar-refractivity contribution >= 4 is 33.2 Å². The molecule has 0 unspecified atom stereocenters. The van der Waals surface area contributed by atoms with Crippen LogP contribution in [0.2, 0.25) is 0 Å². The van der Waals surface area contributed by atoms with E-state index in [-0.39, 0.29) is 0 Å². The summed E-state index contributed by atoms with van der Waals surface area (Å²) in [6.45, 7) is 6.93. The number of nitrogens with zero attached hydrogens (tertiary/aromatic N) is 5. The molecule has 7 nitrogen and oxygen atoms in total. The highest BCUT2D eigenvalue weighted by molar-refractivity contribution is 7.18. The van der Waals surface area contributed by atoms with Gasteiger partial charge < -0.3 is 4.90 Å². The van der Waals surface area contributed by atoms with Crippen molar-refractivity contribution in [2.24, 2.45) is 7.05 Å². The standard InChI is InChI=1S/C20H23N5O2S/c1-13-18(14(2)23(3)22-13)19(26)20(27)25-10-8-24(9-11-25)12-17-21-15-6-4-5-7-16(15)28-17/h4-7H,8-12H2,1-3H3. The lowest BCUT2D eigenvalue weighted by molar-refractivity contribution is -0.128. The predicted molar refractivity (Wildman–Crippen MR) is 108 cm³/mol. The zero-order valence-electron chi connectivity index (χ0n) is 16.3. The van der Waals surface area contributed by atoms with Crippen LogP contribution >= 0.6 is 11.3 Å². The van der Waals surface area contributed by atoms with Gasteiger partial charge in [0, 0.05) is 38.9 Å². The van der Waals surface area contributed by atoms with E-state index in [1.165, 1.54) is 4.70 Å². The van der Waals surface area contributed by atoms with Crippen LogP contribution in [0.4, 0.5) is 0 Å². The predicted octanol–water partition coefficient (Wildman–Crippen LogP) is 2.17. The number of carbonyl (C=O) groups is 2. The van der Waals surface area contributed by atoms with Crippen molar-refractivity contribution in [2.45, 2.75) is 20.4 Å². The van der Waals surface area contributed by atoms with Crippen molar-refractivity contribution in [3.63, 3.8) is 0 Å². The molecule has 1 aliphatic rings. The summed E-state index contributed by atoms with van der Waals surface area (Å²) in [6, 6.07) is 8.14. The number of ketones is 1. The first kappa shape index (κ1) is 18.8. The average molecular weight is 398 g/mol. The molecule has 3 aromatic rings. The maximum Gasteiger partial charge on any atom is 0.295 e. The topological polar surface area (TPSA) is 71.3 Å². The minimum atomic E-state index is -0.456. The highest BCUT2D eigenvalue weighted by atomic mass is 32.1. The van der Waals surface area contributed by atoms with Crippen LogP contribution in [0.5, 0.6) is 0 Å². The summed E-state index contributed by atoms with van der Waals surface area (Å²) in [5.74, 6) is -0.887. The van der Waals surface area contributed by atoms with Crippen LogP contribution in [0.1, 0.15) is 26.8 Å². The Kier molecular flexibility index (Phi) is 4.99. The normalized spacial score (nSPS) is 15.3. The van der Waals surface area contributed by atoms with E-state index >= 15 is 0 Å². The first-order valence-corrected chi connectivity index (χ1v) is 10.2. The summed E-state index contributed by atoms with van der Waals surface area (Å²) in [4.78, 5) is 34.0. The highest BCUT2D eigenvalue weighted by Gasteiger charge is 2.30. The van der Waals surface area contributed by atoms with Crippen LogP contribution in [0.15, 0.2) is 24.3 Å². The lowest BCUT2D eigenvalue weighted by atomic mass is 10.1. The van der Waals surface area contributed by atoms with Crippen LogP contribution in [-0.4, -0.2) is 62.4 Å². The Morgan fingerprint density at radius 3 is 2.46 bits per heavy atom. The van der Waals surface area contributed by atoms with Crippen molar-refractivity contribution in [1.29, 1.82) is 0 Å². The molecule has 1 aliphatic heterocycles. The third-order valence-electron chi connectivity index (χ3n) is 5.29. The smallest absolute Gasteiger partial charge is 0.295 e. The van der Waals surface area contributed by atoms with Crippen molar-refractivity contribution in [1.82, 2.24) is 24.6 Å². The molecule has 1 aromatic carbocycles. The van der Waals surface area contributed by atoms with E-state index < -0.39 is 11.7 Å². The van der Waals surface area contributed by atoms with Gasteiger partial charge >= 0.3 is 0 Å². The first-order valence-electron chi connectivity index (χ1n) is 9.34. The Morgan fingerprint density at radius 2 is 1.82 bits per heavy atom. The second-order valence-electron chi connectivity index (χ2n) is 7.14. The monoisotopic (exact) mass is 397 g/mol. The van der Waals surface area contributed by atoms with Gasteiger partial charge in [-0.15, -0.1) is 11.3 Å². The molecule has 1 saturated heterocycles. The summed E-state index contributed by atoms with van der Waals surface area (Å²) in [5, 5.41) is 5.33. The van der Waals surface area contributed by atoms with Gasteiger partial charge in [-0.1, -0.05) is 12.1 Å². The Balaban J connectivity index is 1.38. The average Bonchev–Trinajstić information content (AvgIpc) is 3.20. The molecule has 3 heterocycles. The van der Waals surface area contributed by atoms with Crippen molar-refractivity contribution < 1.29 is 9.59 Å². The summed E-state index contributed by atoms with van der Waals surface area (Å²) < 4.78 is 2.84. The van der Waals surface area contributed by atoms with Gasteiger partial charge in [0.25, 0.3) is 11.7 Å². The summed E-state index contributed by atoms with van der Waals surface area (Å²) in [6.07, 6.45) is 0. The van der Waals surface area contributed by atoms with Gasteiger partial charge in [0.2, 0.25) is 0 Å². The number of piperazine rings is 1. The fraction of sp³-hybridized carbons (Fsp3) is 0.400. The van der Waals surface area contributed by atoms with Gasteiger partial charge in [0.1, 0.15) is 5.01 Å². The fourth-order valence-corrected chi connectivity index (χ4v) is 4.65. The molecule has 0 aliphatic carbocycles. The van der Waals surface area contributed by atoms with Gasteiger partial charge in [0.15, 0.2) is 0 Å². The molecule has 0 bridgehead atoms. The molecule has 146 valence electrons. The summed E-state index contributed by atoms with van der Waals surface area (Å²) >= 11 is 1.71. The number of amides is 1. The van der Waals surface area contributed by atoms with Gasteiger partial charge in [-0.05, 0) is 26.0 Å². The zero-order valence-corrected chi connectivity index (χ0v) is 17.1. The maximum absolute atomic E-state index is 12.7. The molecule has 0 saturated carbocycles. The minimum Gasteiger partial charge on any atom is -0.333 e. The molecule has 0 atom stereocenters. The lowest BCUT2D eigenvalue weighted by Gasteiger charge is -2.33. The molecule has 0 N–H and O–H groups in total. The zero-order chi connectivity index (χ0) is 19.8.